The monoisotopic (exact) mass is 203 g/mol. The average Bonchev–Trinajstić information content (AvgIpc) is 2.63. The molecule has 2 heterocycles. The number of fused-ring (bicyclic) bond motifs is 4. The summed E-state index contributed by atoms with van der Waals surface area (Å²) in [5, 5.41) is 12.6. The third-order valence-corrected chi connectivity index (χ3v) is 3.93. The van der Waals surface area contributed by atoms with Crippen LogP contribution in [0.3, 0.4) is 0 Å². The molecule has 4 heteroatoms. The van der Waals surface area contributed by atoms with E-state index in [9.17, 15) is 4.79 Å². The molecule has 2 aliphatic heterocycles. The Morgan fingerprint density at radius 2 is 2.15 bits per heavy atom. The number of hydrogen-bond donors (Lipinski definition) is 2. The van der Waals surface area contributed by atoms with E-state index in [1.807, 2.05) is 0 Å². The number of halogens is 1. The highest BCUT2D eigenvalue weighted by Crippen LogP contribution is 2.62. The standard InChI is InChI=1S/C9H13NO2.ClH/c11-8(12)9-3-5-1-2-7(10-5)6(9)4-9;/h5-7,10H,1-4H2,(H,11,12);1H/t5-,6+,7+,9-;/m1./s1. The first-order chi connectivity index (χ1) is 5.72. The number of rotatable bonds is 1. The van der Waals surface area contributed by atoms with E-state index in [-0.39, 0.29) is 17.8 Å². The molecule has 3 nitrogen and oxygen atoms in total. The Bertz CT molecular complexity index is 258. The van der Waals surface area contributed by atoms with Crippen molar-refractivity contribution in [2.75, 3.05) is 0 Å². The molecule has 0 aromatic carbocycles. The first-order valence-electron chi connectivity index (χ1n) is 4.72. The normalized spacial score (nSPS) is 50.6. The Kier molecular flexibility index (Phi) is 1.86. The molecular weight excluding hydrogens is 190 g/mol. The minimum atomic E-state index is -0.550. The van der Waals surface area contributed by atoms with E-state index in [2.05, 4.69) is 5.32 Å². The van der Waals surface area contributed by atoms with Crippen molar-refractivity contribution in [2.45, 2.75) is 37.8 Å². The number of carbonyl (C=O) groups is 1. The maximum absolute atomic E-state index is 11.0. The number of piperidine rings is 1. The van der Waals surface area contributed by atoms with Crippen LogP contribution in [-0.2, 0) is 4.79 Å². The van der Waals surface area contributed by atoms with Gasteiger partial charge in [0.1, 0.15) is 0 Å². The van der Waals surface area contributed by atoms with Crippen LogP contribution in [0, 0.1) is 11.3 Å². The summed E-state index contributed by atoms with van der Waals surface area (Å²) in [5.41, 5.74) is -0.295. The van der Waals surface area contributed by atoms with Gasteiger partial charge in [-0.1, -0.05) is 0 Å². The van der Waals surface area contributed by atoms with Crippen LogP contribution in [0.15, 0.2) is 0 Å². The minimum absolute atomic E-state index is 0. The Morgan fingerprint density at radius 1 is 1.38 bits per heavy atom. The van der Waals surface area contributed by atoms with Crippen LogP contribution in [0.2, 0.25) is 0 Å². The Hall–Kier alpha value is -0.280. The average molecular weight is 204 g/mol. The molecule has 13 heavy (non-hydrogen) atoms. The molecule has 2 bridgehead atoms. The number of carboxylic acid groups (broad SMARTS) is 1. The van der Waals surface area contributed by atoms with Gasteiger partial charge in [0.25, 0.3) is 0 Å². The van der Waals surface area contributed by atoms with Gasteiger partial charge in [-0.05, 0) is 31.6 Å². The lowest BCUT2D eigenvalue weighted by atomic mass is 9.91. The van der Waals surface area contributed by atoms with Gasteiger partial charge in [0, 0.05) is 12.1 Å². The van der Waals surface area contributed by atoms with Crippen LogP contribution in [0.1, 0.15) is 25.7 Å². The molecule has 3 rings (SSSR count). The first-order valence-corrected chi connectivity index (χ1v) is 4.72. The van der Waals surface area contributed by atoms with Gasteiger partial charge in [0.05, 0.1) is 5.41 Å². The van der Waals surface area contributed by atoms with Crippen LogP contribution in [-0.4, -0.2) is 23.2 Å². The number of aliphatic carboxylic acids is 1. The van der Waals surface area contributed by atoms with Gasteiger partial charge in [0.2, 0.25) is 0 Å². The van der Waals surface area contributed by atoms with Crippen LogP contribution >= 0.6 is 12.4 Å². The molecule has 3 aliphatic rings. The molecule has 3 fully saturated rings. The lowest BCUT2D eigenvalue weighted by Crippen LogP contribution is -2.41. The molecular formula is C9H14ClNO2. The predicted octanol–water partition coefficient (Wildman–Crippen LogP) is 1.02. The van der Waals surface area contributed by atoms with Crippen molar-refractivity contribution in [1.29, 1.82) is 0 Å². The van der Waals surface area contributed by atoms with Crippen molar-refractivity contribution in [2.24, 2.45) is 11.3 Å². The minimum Gasteiger partial charge on any atom is -0.481 e. The summed E-state index contributed by atoms with van der Waals surface area (Å²) in [7, 11) is 0. The van der Waals surface area contributed by atoms with Gasteiger partial charge in [0.15, 0.2) is 0 Å². The van der Waals surface area contributed by atoms with Gasteiger partial charge in [-0.15, -0.1) is 12.4 Å². The zero-order valence-electron chi connectivity index (χ0n) is 7.32. The van der Waals surface area contributed by atoms with E-state index >= 15 is 0 Å². The van der Waals surface area contributed by atoms with Crippen molar-refractivity contribution < 1.29 is 9.90 Å². The molecule has 0 aromatic rings. The second-order valence-electron chi connectivity index (χ2n) is 4.52. The smallest absolute Gasteiger partial charge is 0.310 e. The molecule has 4 atom stereocenters. The fourth-order valence-electron chi connectivity index (χ4n) is 3.20. The molecule has 0 aromatic heterocycles. The topological polar surface area (TPSA) is 49.3 Å². The SMILES string of the molecule is Cl.O=C(O)[C@@]12C[C@H]3CC[C@H](N3)[C@@H]1C2. The molecule has 0 amide bonds. The molecule has 0 spiro atoms. The quantitative estimate of drug-likeness (QED) is 0.669. The summed E-state index contributed by atoms with van der Waals surface area (Å²) in [6.45, 7) is 0. The van der Waals surface area contributed by atoms with Crippen molar-refractivity contribution in [3.8, 4) is 0 Å². The predicted molar refractivity (Wildman–Crippen MR) is 50.0 cm³/mol. The van der Waals surface area contributed by atoms with E-state index in [1.165, 1.54) is 12.8 Å². The Labute approximate surface area is 83.3 Å². The Morgan fingerprint density at radius 3 is 2.85 bits per heavy atom. The highest BCUT2D eigenvalue weighted by atomic mass is 35.5. The van der Waals surface area contributed by atoms with Crippen LogP contribution in [0.4, 0.5) is 0 Å². The van der Waals surface area contributed by atoms with Crippen molar-refractivity contribution in [1.82, 2.24) is 5.32 Å². The number of nitrogens with one attached hydrogen (secondary N) is 1. The second-order valence-corrected chi connectivity index (χ2v) is 4.52. The van der Waals surface area contributed by atoms with Gasteiger partial charge in [-0.2, -0.15) is 0 Å². The van der Waals surface area contributed by atoms with Gasteiger partial charge >= 0.3 is 5.97 Å². The lowest BCUT2D eigenvalue weighted by Gasteiger charge is -2.25. The molecule has 2 N–H and O–H groups in total. The van der Waals surface area contributed by atoms with E-state index in [0.717, 1.165) is 12.8 Å². The summed E-state index contributed by atoms with van der Waals surface area (Å²) < 4.78 is 0. The summed E-state index contributed by atoms with van der Waals surface area (Å²) >= 11 is 0. The molecule has 74 valence electrons. The molecule has 1 saturated carbocycles. The first kappa shape index (κ1) is 9.28. The zero-order chi connectivity index (χ0) is 8.34. The highest BCUT2D eigenvalue weighted by molar-refractivity contribution is 5.85. The third-order valence-electron chi connectivity index (χ3n) is 3.93. The number of hydrogen-bond acceptors (Lipinski definition) is 2. The fraction of sp³-hybridized carbons (Fsp3) is 0.889. The second kappa shape index (κ2) is 2.61. The van der Waals surface area contributed by atoms with Crippen molar-refractivity contribution in [3.05, 3.63) is 0 Å². The summed E-state index contributed by atoms with van der Waals surface area (Å²) in [6, 6.07) is 1.03. The largest absolute Gasteiger partial charge is 0.481 e. The van der Waals surface area contributed by atoms with E-state index in [4.69, 9.17) is 5.11 Å². The fourth-order valence-corrected chi connectivity index (χ4v) is 3.20. The van der Waals surface area contributed by atoms with E-state index in [0.29, 0.717) is 18.0 Å². The van der Waals surface area contributed by atoms with Crippen molar-refractivity contribution in [3.63, 3.8) is 0 Å². The molecule has 2 saturated heterocycles. The maximum Gasteiger partial charge on any atom is 0.310 e. The molecule has 0 unspecified atom stereocenters. The highest BCUT2D eigenvalue weighted by Gasteiger charge is 2.67. The van der Waals surface area contributed by atoms with Crippen molar-refractivity contribution >= 4 is 18.4 Å². The third kappa shape index (κ3) is 1.03. The van der Waals surface area contributed by atoms with Crippen LogP contribution in [0.25, 0.3) is 0 Å². The van der Waals surface area contributed by atoms with E-state index < -0.39 is 5.97 Å². The summed E-state index contributed by atoms with van der Waals surface area (Å²) in [5.74, 6) is -0.0975. The van der Waals surface area contributed by atoms with E-state index in [1.54, 1.807) is 0 Å². The van der Waals surface area contributed by atoms with Crippen LogP contribution < -0.4 is 5.32 Å². The summed E-state index contributed by atoms with van der Waals surface area (Å²) in [6.07, 6.45) is 4.19. The Balaban J connectivity index is 0.000000653. The maximum atomic E-state index is 11.0. The van der Waals surface area contributed by atoms with Crippen LogP contribution in [0.5, 0.6) is 0 Å². The summed E-state index contributed by atoms with van der Waals surface area (Å²) in [4.78, 5) is 11.0. The number of carboxylic acids is 1. The van der Waals surface area contributed by atoms with Gasteiger partial charge in [-0.25, -0.2) is 0 Å². The zero-order valence-corrected chi connectivity index (χ0v) is 8.14. The lowest BCUT2D eigenvalue weighted by molar-refractivity contribution is -0.145. The molecule has 0 radical (unpaired) electrons. The molecule has 1 aliphatic carbocycles. The van der Waals surface area contributed by atoms with Gasteiger partial charge in [-0.3, -0.25) is 4.79 Å². The van der Waals surface area contributed by atoms with Gasteiger partial charge < -0.3 is 10.4 Å².